The summed E-state index contributed by atoms with van der Waals surface area (Å²) in [4.78, 5) is 16.2. The number of amides is 1. The molecule has 0 unspecified atom stereocenters. The largest absolute Gasteiger partial charge is 0.359 e. The Morgan fingerprint density at radius 2 is 2.10 bits per heavy atom. The first-order chi connectivity index (χ1) is 9.95. The van der Waals surface area contributed by atoms with Crippen molar-refractivity contribution >= 4 is 28.4 Å². The zero-order valence-corrected chi connectivity index (χ0v) is 13.3. The van der Waals surface area contributed by atoms with E-state index in [1.165, 1.54) is 0 Å². The van der Waals surface area contributed by atoms with Crippen LogP contribution < -0.4 is 10.6 Å². The lowest BCUT2D eigenvalue weighted by Gasteiger charge is -2.23. The summed E-state index contributed by atoms with van der Waals surface area (Å²) < 4.78 is 0. The molecule has 2 aromatic rings. The van der Waals surface area contributed by atoms with Crippen molar-refractivity contribution in [3.8, 4) is 0 Å². The Bertz CT molecular complexity index is 655. The van der Waals surface area contributed by atoms with E-state index in [-0.39, 0.29) is 5.91 Å². The third kappa shape index (κ3) is 3.52. The molecule has 1 aromatic heterocycles. The van der Waals surface area contributed by atoms with Crippen LogP contribution in [0.15, 0.2) is 30.5 Å². The maximum Gasteiger partial charge on any atom is 0.226 e. The van der Waals surface area contributed by atoms with Gasteiger partial charge in [-0.15, -0.1) is 0 Å². The van der Waals surface area contributed by atoms with Crippen LogP contribution >= 0.6 is 11.6 Å². The van der Waals surface area contributed by atoms with Gasteiger partial charge in [-0.2, -0.15) is 0 Å². The molecular formula is C16H20ClN3O. The molecule has 0 atom stereocenters. The van der Waals surface area contributed by atoms with E-state index in [0.29, 0.717) is 18.1 Å². The number of nitrogens with one attached hydrogen (secondary N) is 2. The average Bonchev–Trinajstić information content (AvgIpc) is 2.49. The van der Waals surface area contributed by atoms with Gasteiger partial charge in [0.05, 0.1) is 10.9 Å². The highest BCUT2D eigenvalue weighted by Crippen LogP contribution is 2.24. The van der Waals surface area contributed by atoms with Gasteiger partial charge in [-0.3, -0.25) is 9.78 Å². The van der Waals surface area contributed by atoms with Crippen LogP contribution in [-0.2, 0) is 11.3 Å². The Hall–Kier alpha value is -1.65. The van der Waals surface area contributed by atoms with Gasteiger partial charge in [0, 0.05) is 36.7 Å². The molecule has 0 radical (unpaired) electrons. The van der Waals surface area contributed by atoms with Gasteiger partial charge >= 0.3 is 0 Å². The lowest BCUT2D eigenvalue weighted by molar-refractivity contribution is -0.128. The number of hydrogen-bond acceptors (Lipinski definition) is 3. The number of carbonyl (C=O) groups excluding carboxylic acids is 1. The standard InChI is InChI=1S/C16H20ClN3O/c1-16(2,15(21)18-3)10-19-9-11-6-7-13(17)12-5-4-8-20-14(11)12/h4-8,19H,9-10H2,1-3H3,(H,18,21). The molecule has 0 aliphatic carbocycles. The van der Waals surface area contributed by atoms with Crippen molar-refractivity contribution in [2.45, 2.75) is 20.4 Å². The predicted octanol–water partition coefficient (Wildman–Crippen LogP) is 2.75. The van der Waals surface area contributed by atoms with Crippen molar-refractivity contribution in [1.29, 1.82) is 0 Å². The highest BCUT2D eigenvalue weighted by atomic mass is 35.5. The van der Waals surface area contributed by atoms with Gasteiger partial charge < -0.3 is 10.6 Å². The molecule has 0 spiro atoms. The van der Waals surface area contributed by atoms with Gasteiger partial charge in [-0.05, 0) is 37.6 Å². The van der Waals surface area contributed by atoms with Crippen molar-refractivity contribution < 1.29 is 4.79 Å². The van der Waals surface area contributed by atoms with Crippen molar-refractivity contribution in [3.63, 3.8) is 0 Å². The summed E-state index contributed by atoms with van der Waals surface area (Å²) in [5, 5.41) is 7.66. The third-order valence-corrected chi connectivity index (χ3v) is 3.85. The second kappa shape index (κ2) is 6.41. The number of halogens is 1. The molecule has 1 heterocycles. The van der Waals surface area contributed by atoms with Crippen LogP contribution in [0.4, 0.5) is 0 Å². The molecule has 0 saturated carbocycles. The maximum absolute atomic E-state index is 11.8. The maximum atomic E-state index is 11.8. The highest BCUT2D eigenvalue weighted by molar-refractivity contribution is 6.35. The summed E-state index contributed by atoms with van der Waals surface area (Å²) in [5.41, 5.74) is 1.52. The SMILES string of the molecule is CNC(=O)C(C)(C)CNCc1ccc(Cl)c2cccnc12. The summed E-state index contributed by atoms with van der Waals surface area (Å²) in [6.07, 6.45) is 1.76. The number of pyridine rings is 1. The van der Waals surface area contributed by atoms with Gasteiger partial charge in [-0.1, -0.05) is 17.7 Å². The fourth-order valence-electron chi connectivity index (χ4n) is 2.27. The van der Waals surface area contributed by atoms with Crippen molar-refractivity contribution in [3.05, 3.63) is 41.0 Å². The molecule has 5 heteroatoms. The van der Waals surface area contributed by atoms with E-state index in [2.05, 4.69) is 15.6 Å². The predicted molar refractivity (Wildman–Crippen MR) is 86.3 cm³/mol. The first-order valence-corrected chi connectivity index (χ1v) is 7.28. The quantitative estimate of drug-likeness (QED) is 0.893. The number of hydrogen-bond donors (Lipinski definition) is 2. The van der Waals surface area contributed by atoms with E-state index in [4.69, 9.17) is 11.6 Å². The van der Waals surface area contributed by atoms with Gasteiger partial charge in [0.2, 0.25) is 5.91 Å². The zero-order valence-electron chi connectivity index (χ0n) is 12.5. The Morgan fingerprint density at radius 3 is 2.81 bits per heavy atom. The zero-order chi connectivity index (χ0) is 15.5. The summed E-state index contributed by atoms with van der Waals surface area (Å²) in [6, 6.07) is 7.69. The highest BCUT2D eigenvalue weighted by Gasteiger charge is 2.25. The van der Waals surface area contributed by atoms with Crippen LogP contribution in [-0.4, -0.2) is 24.5 Å². The number of aromatic nitrogens is 1. The molecule has 1 amide bonds. The minimum absolute atomic E-state index is 0.0223. The van der Waals surface area contributed by atoms with Crippen molar-refractivity contribution in [2.24, 2.45) is 5.41 Å². The monoisotopic (exact) mass is 305 g/mol. The van der Waals surface area contributed by atoms with E-state index in [0.717, 1.165) is 16.5 Å². The fraction of sp³-hybridized carbons (Fsp3) is 0.375. The van der Waals surface area contributed by atoms with Crippen molar-refractivity contribution in [1.82, 2.24) is 15.6 Å². The van der Waals surface area contributed by atoms with Crippen LogP contribution in [0.3, 0.4) is 0 Å². The van der Waals surface area contributed by atoms with Gasteiger partial charge in [0.25, 0.3) is 0 Å². The summed E-state index contributed by atoms with van der Waals surface area (Å²) >= 11 is 6.18. The molecule has 4 nitrogen and oxygen atoms in total. The molecule has 1 aromatic carbocycles. The molecule has 21 heavy (non-hydrogen) atoms. The Balaban J connectivity index is 2.11. The van der Waals surface area contributed by atoms with Gasteiger partial charge in [-0.25, -0.2) is 0 Å². The third-order valence-electron chi connectivity index (χ3n) is 3.52. The number of fused-ring (bicyclic) bond motifs is 1. The van der Waals surface area contributed by atoms with Crippen molar-refractivity contribution in [2.75, 3.05) is 13.6 Å². The molecular weight excluding hydrogens is 286 g/mol. The second-order valence-corrected chi connectivity index (χ2v) is 6.08. The number of rotatable bonds is 5. The van der Waals surface area contributed by atoms with Gasteiger partial charge in [0.1, 0.15) is 0 Å². The lowest BCUT2D eigenvalue weighted by atomic mass is 9.92. The van der Waals surface area contributed by atoms with Crippen LogP contribution in [0, 0.1) is 5.41 Å². The van der Waals surface area contributed by atoms with Crippen LogP contribution in [0.2, 0.25) is 5.02 Å². The Morgan fingerprint density at radius 1 is 1.33 bits per heavy atom. The average molecular weight is 306 g/mol. The first-order valence-electron chi connectivity index (χ1n) is 6.91. The number of benzene rings is 1. The van der Waals surface area contributed by atoms with E-state index in [1.54, 1.807) is 13.2 Å². The lowest BCUT2D eigenvalue weighted by Crippen LogP contribution is -2.41. The first kappa shape index (κ1) is 15.7. The Kier molecular flexibility index (Phi) is 4.80. The molecule has 0 fully saturated rings. The smallest absolute Gasteiger partial charge is 0.226 e. The van der Waals surface area contributed by atoms with Gasteiger partial charge in [0.15, 0.2) is 0 Å². The number of nitrogens with zero attached hydrogens (tertiary/aromatic N) is 1. The van der Waals surface area contributed by atoms with Crippen LogP contribution in [0.5, 0.6) is 0 Å². The van der Waals surface area contributed by atoms with E-state index < -0.39 is 5.41 Å². The minimum atomic E-state index is -0.454. The molecule has 0 bridgehead atoms. The molecule has 0 saturated heterocycles. The topological polar surface area (TPSA) is 54.0 Å². The fourth-order valence-corrected chi connectivity index (χ4v) is 2.48. The summed E-state index contributed by atoms with van der Waals surface area (Å²) in [5.74, 6) is 0.0223. The Labute approximate surface area is 129 Å². The van der Waals surface area contributed by atoms with E-state index in [1.807, 2.05) is 38.1 Å². The summed E-state index contributed by atoms with van der Waals surface area (Å²) in [7, 11) is 1.65. The summed E-state index contributed by atoms with van der Waals surface area (Å²) in [6.45, 7) is 5.06. The molecule has 2 N–H and O–H groups in total. The number of carbonyl (C=O) groups is 1. The second-order valence-electron chi connectivity index (χ2n) is 5.67. The molecule has 0 aliphatic rings. The molecule has 112 valence electrons. The van der Waals surface area contributed by atoms with Crippen LogP contribution in [0.25, 0.3) is 10.9 Å². The van der Waals surface area contributed by atoms with E-state index in [9.17, 15) is 4.79 Å². The normalized spacial score (nSPS) is 11.6. The van der Waals surface area contributed by atoms with E-state index >= 15 is 0 Å². The molecule has 2 rings (SSSR count). The van der Waals surface area contributed by atoms with Crippen LogP contribution in [0.1, 0.15) is 19.4 Å². The molecule has 0 aliphatic heterocycles. The minimum Gasteiger partial charge on any atom is -0.359 e.